The zero-order valence-electron chi connectivity index (χ0n) is 16.8. The van der Waals surface area contributed by atoms with Crippen molar-refractivity contribution in [1.82, 2.24) is 4.90 Å². The predicted molar refractivity (Wildman–Crippen MR) is 128 cm³/mol. The summed E-state index contributed by atoms with van der Waals surface area (Å²) >= 11 is 3.57. The van der Waals surface area contributed by atoms with Crippen LogP contribution in [0.15, 0.2) is 57.7 Å². The Kier molecular flexibility index (Phi) is 8.11. The molecule has 1 aromatic heterocycles. The number of fused-ring (bicyclic) bond motifs is 1. The van der Waals surface area contributed by atoms with Gasteiger partial charge in [0.1, 0.15) is 18.1 Å². The van der Waals surface area contributed by atoms with Crippen molar-refractivity contribution in [3.63, 3.8) is 0 Å². The Hall–Kier alpha value is -1.67. The smallest absolute Gasteiger partial charge is 0.343 e. The summed E-state index contributed by atoms with van der Waals surface area (Å²) in [6.45, 7) is 7.01. The van der Waals surface area contributed by atoms with Crippen LogP contribution in [-0.2, 0) is 4.74 Å². The molecule has 5 nitrogen and oxygen atoms in total. The Morgan fingerprint density at radius 3 is 2.40 bits per heavy atom. The highest BCUT2D eigenvalue weighted by Gasteiger charge is 2.18. The van der Waals surface area contributed by atoms with Crippen molar-refractivity contribution in [2.75, 3.05) is 39.5 Å². The van der Waals surface area contributed by atoms with Crippen LogP contribution in [0.5, 0.6) is 5.75 Å². The number of benzene rings is 2. The van der Waals surface area contributed by atoms with Crippen molar-refractivity contribution >= 4 is 43.7 Å². The second kappa shape index (κ2) is 10.6. The number of morpholine rings is 1. The van der Waals surface area contributed by atoms with E-state index in [-0.39, 0.29) is 27.4 Å². The molecule has 4 rings (SSSR count). The van der Waals surface area contributed by atoms with Crippen molar-refractivity contribution in [3.8, 4) is 16.9 Å². The summed E-state index contributed by atoms with van der Waals surface area (Å²) in [6, 6.07) is 15.5. The van der Waals surface area contributed by atoms with Gasteiger partial charge in [0, 0.05) is 30.6 Å². The number of nitrogens with zero attached hydrogens (tertiary/aromatic N) is 1. The SMILES string of the molecule is Br.CC(Br)c1oc(=O)c2ccccc2c1-c1ccc(OCCN2CCOCC2)cc1. The highest BCUT2D eigenvalue weighted by Crippen LogP contribution is 2.37. The van der Waals surface area contributed by atoms with E-state index >= 15 is 0 Å². The number of alkyl halides is 1. The molecule has 3 aromatic rings. The topological polar surface area (TPSA) is 51.9 Å². The van der Waals surface area contributed by atoms with Crippen molar-refractivity contribution in [1.29, 1.82) is 0 Å². The summed E-state index contributed by atoms with van der Waals surface area (Å²) in [5, 5.41) is 1.48. The van der Waals surface area contributed by atoms with Gasteiger partial charge in [0.15, 0.2) is 0 Å². The zero-order chi connectivity index (χ0) is 20.2. The lowest BCUT2D eigenvalue weighted by Gasteiger charge is -2.26. The molecule has 2 aromatic carbocycles. The highest BCUT2D eigenvalue weighted by molar-refractivity contribution is 9.09. The van der Waals surface area contributed by atoms with Crippen LogP contribution >= 0.6 is 32.9 Å². The van der Waals surface area contributed by atoms with Gasteiger partial charge in [-0.15, -0.1) is 17.0 Å². The van der Waals surface area contributed by atoms with Crippen LogP contribution in [0.1, 0.15) is 17.5 Å². The van der Waals surface area contributed by atoms with Gasteiger partial charge in [-0.3, -0.25) is 4.90 Å². The summed E-state index contributed by atoms with van der Waals surface area (Å²) in [5.41, 5.74) is 1.62. The minimum atomic E-state index is -0.311. The van der Waals surface area contributed by atoms with Gasteiger partial charge >= 0.3 is 5.63 Å². The van der Waals surface area contributed by atoms with E-state index in [1.165, 1.54) is 0 Å². The molecule has 0 N–H and O–H groups in total. The molecule has 7 heteroatoms. The number of hydrogen-bond acceptors (Lipinski definition) is 5. The van der Waals surface area contributed by atoms with Crippen LogP contribution in [0.4, 0.5) is 0 Å². The first-order chi connectivity index (χ1) is 14.1. The van der Waals surface area contributed by atoms with Crippen LogP contribution < -0.4 is 10.4 Å². The summed E-state index contributed by atoms with van der Waals surface area (Å²) < 4.78 is 16.9. The van der Waals surface area contributed by atoms with E-state index < -0.39 is 0 Å². The number of hydrogen-bond donors (Lipinski definition) is 0. The molecule has 0 radical (unpaired) electrons. The van der Waals surface area contributed by atoms with Gasteiger partial charge in [0.25, 0.3) is 0 Å². The third-order valence-corrected chi connectivity index (χ3v) is 5.57. The maximum Gasteiger partial charge on any atom is 0.343 e. The Bertz CT molecular complexity index is 1030. The van der Waals surface area contributed by atoms with E-state index in [9.17, 15) is 4.79 Å². The van der Waals surface area contributed by atoms with Gasteiger partial charge < -0.3 is 13.9 Å². The Morgan fingerprint density at radius 1 is 1.07 bits per heavy atom. The molecule has 2 heterocycles. The first-order valence-corrected chi connectivity index (χ1v) is 10.8. The van der Waals surface area contributed by atoms with E-state index in [2.05, 4.69) is 20.8 Å². The maximum absolute atomic E-state index is 12.4. The van der Waals surface area contributed by atoms with E-state index in [1.807, 2.05) is 49.4 Å². The third-order valence-electron chi connectivity index (χ3n) is 5.15. The molecule has 160 valence electrons. The first kappa shape index (κ1) is 23.0. The van der Waals surface area contributed by atoms with E-state index in [4.69, 9.17) is 13.9 Å². The van der Waals surface area contributed by atoms with E-state index in [1.54, 1.807) is 6.07 Å². The highest BCUT2D eigenvalue weighted by atomic mass is 79.9. The van der Waals surface area contributed by atoms with Gasteiger partial charge in [0.2, 0.25) is 0 Å². The molecule has 1 aliphatic heterocycles. The summed E-state index contributed by atoms with van der Waals surface area (Å²) in [4.78, 5) is 14.6. The molecule has 1 fully saturated rings. The Morgan fingerprint density at radius 2 is 1.73 bits per heavy atom. The van der Waals surface area contributed by atoms with Gasteiger partial charge in [-0.05, 0) is 30.7 Å². The Labute approximate surface area is 194 Å². The average Bonchev–Trinajstić information content (AvgIpc) is 2.75. The van der Waals surface area contributed by atoms with E-state index in [0.29, 0.717) is 17.8 Å². The molecule has 1 saturated heterocycles. The summed E-state index contributed by atoms with van der Waals surface area (Å²) in [5.74, 6) is 1.46. The second-order valence-electron chi connectivity index (χ2n) is 7.12. The maximum atomic E-state index is 12.4. The zero-order valence-corrected chi connectivity index (χ0v) is 20.1. The Balaban J connectivity index is 0.00000256. The van der Waals surface area contributed by atoms with Crippen LogP contribution in [-0.4, -0.2) is 44.4 Å². The molecule has 1 aliphatic rings. The average molecular weight is 539 g/mol. The number of rotatable bonds is 6. The molecular weight excluding hydrogens is 514 g/mol. The summed E-state index contributed by atoms with van der Waals surface area (Å²) in [7, 11) is 0. The first-order valence-electron chi connectivity index (χ1n) is 9.86. The lowest BCUT2D eigenvalue weighted by atomic mass is 9.97. The third kappa shape index (κ3) is 5.14. The van der Waals surface area contributed by atoms with Gasteiger partial charge in [-0.2, -0.15) is 0 Å². The molecule has 0 amide bonds. The van der Waals surface area contributed by atoms with Crippen LogP contribution in [0, 0.1) is 0 Å². The summed E-state index contributed by atoms with van der Waals surface area (Å²) in [6.07, 6.45) is 0. The molecule has 30 heavy (non-hydrogen) atoms. The van der Waals surface area contributed by atoms with Crippen LogP contribution in [0.3, 0.4) is 0 Å². The number of halogens is 2. The van der Waals surface area contributed by atoms with Crippen LogP contribution in [0.2, 0.25) is 0 Å². The van der Waals surface area contributed by atoms with Crippen molar-refractivity contribution < 1.29 is 13.9 Å². The van der Waals surface area contributed by atoms with Crippen LogP contribution in [0.25, 0.3) is 21.9 Å². The molecule has 0 spiro atoms. The molecule has 0 aliphatic carbocycles. The standard InChI is InChI=1S/C23H24BrNO4.BrH/c1-16(24)22-21(19-4-2-3-5-20(19)23(26)29-22)17-6-8-18(9-7-17)28-15-12-25-10-13-27-14-11-25;/h2-9,16H,10-15H2,1H3;1H. The fourth-order valence-corrected chi connectivity index (χ4v) is 3.95. The van der Waals surface area contributed by atoms with Gasteiger partial charge in [0.05, 0.1) is 23.4 Å². The molecule has 1 atom stereocenters. The normalized spacial score (nSPS) is 15.5. The lowest BCUT2D eigenvalue weighted by Crippen LogP contribution is -2.38. The molecule has 0 saturated carbocycles. The molecule has 1 unspecified atom stereocenters. The quantitative estimate of drug-likeness (QED) is 0.403. The largest absolute Gasteiger partial charge is 0.492 e. The van der Waals surface area contributed by atoms with Gasteiger partial charge in [-0.25, -0.2) is 4.79 Å². The van der Waals surface area contributed by atoms with Crippen molar-refractivity contribution in [2.24, 2.45) is 0 Å². The monoisotopic (exact) mass is 537 g/mol. The second-order valence-corrected chi connectivity index (χ2v) is 8.49. The van der Waals surface area contributed by atoms with Crippen molar-refractivity contribution in [3.05, 3.63) is 64.7 Å². The van der Waals surface area contributed by atoms with Gasteiger partial charge in [-0.1, -0.05) is 46.3 Å². The predicted octanol–water partition coefficient (Wildman–Crippen LogP) is 5.20. The minimum Gasteiger partial charge on any atom is -0.492 e. The molecule has 0 bridgehead atoms. The minimum absolute atomic E-state index is 0. The van der Waals surface area contributed by atoms with E-state index in [0.717, 1.165) is 55.1 Å². The molecular formula is C23H25Br2NO4. The number of ether oxygens (including phenoxy) is 2. The fourth-order valence-electron chi connectivity index (χ4n) is 3.63. The fraction of sp³-hybridized carbons (Fsp3) is 0.348. The van der Waals surface area contributed by atoms with Crippen molar-refractivity contribution in [2.45, 2.75) is 11.8 Å². The lowest BCUT2D eigenvalue weighted by molar-refractivity contribution is 0.0322.